The van der Waals surface area contributed by atoms with E-state index < -0.39 is 0 Å². The SMILES string of the molecule is OCCN(Cc1ccccc1)c1ccnc(Cl)n1. The number of anilines is 1. The summed E-state index contributed by atoms with van der Waals surface area (Å²) < 4.78 is 0. The Morgan fingerprint density at radius 3 is 2.61 bits per heavy atom. The molecule has 18 heavy (non-hydrogen) atoms. The number of aliphatic hydroxyl groups excluding tert-OH is 1. The molecule has 5 heteroatoms. The number of rotatable bonds is 5. The lowest BCUT2D eigenvalue weighted by Crippen LogP contribution is -2.27. The van der Waals surface area contributed by atoms with Crippen molar-refractivity contribution in [1.82, 2.24) is 9.97 Å². The Balaban J connectivity index is 2.18. The average molecular weight is 264 g/mol. The molecule has 0 aliphatic heterocycles. The van der Waals surface area contributed by atoms with Gasteiger partial charge in [-0.3, -0.25) is 0 Å². The molecule has 0 saturated carbocycles. The number of aromatic nitrogens is 2. The Bertz CT molecular complexity index is 493. The molecule has 0 atom stereocenters. The van der Waals surface area contributed by atoms with Crippen LogP contribution in [0.2, 0.25) is 5.28 Å². The first-order chi connectivity index (χ1) is 8.79. The Morgan fingerprint density at radius 1 is 1.17 bits per heavy atom. The van der Waals surface area contributed by atoms with E-state index in [4.69, 9.17) is 16.7 Å². The molecule has 4 nitrogen and oxygen atoms in total. The number of halogens is 1. The molecule has 0 saturated heterocycles. The molecule has 0 unspecified atom stereocenters. The first-order valence-electron chi connectivity index (χ1n) is 5.68. The lowest BCUT2D eigenvalue weighted by atomic mass is 10.2. The summed E-state index contributed by atoms with van der Waals surface area (Å²) in [5.74, 6) is 0.716. The van der Waals surface area contributed by atoms with E-state index in [1.807, 2.05) is 35.2 Å². The van der Waals surface area contributed by atoms with Gasteiger partial charge in [0.15, 0.2) is 0 Å². The summed E-state index contributed by atoms with van der Waals surface area (Å²) in [6.45, 7) is 1.24. The fourth-order valence-electron chi connectivity index (χ4n) is 1.70. The van der Waals surface area contributed by atoms with E-state index >= 15 is 0 Å². The molecule has 2 aromatic rings. The van der Waals surface area contributed by atoms with E-state index in [0.717, 1.165) is 5.56 Å². The molecule has 0 radical (unpaired) electrons. The van der Waals surface area contributed by atoms with Gasteiger partial charge in [-0.2, -0.15) is 0 Å². The van der Waals surface area contributed by atoms with Gasteiger partial charge < -0.3 is 10.0 Å². The van der Waals surface area contributed by atoms with Crippen molar-refractivity contribution in [3.63, 3.8) is 0 Å². The van der Waals surface area contributed by atoms with Crippen LogP contribution in [-0.4, -0.2) is 28.2 Å². The monoisotopic (exact) mass is 263 g/mol. The Morgan fingerprint density at radius 2 is 1.94 bits per heavy atom. The third kappa shape index (κ3) is 3.42. The van der Waals surface area contributed by atoms with Crippen LogP contribution in [0.25, 0.3) is 0 Å². The summed E-state index contributed by atoms with van der Waals surface area (Å²) in [7, 11) is 0. The lowest BCUT2D eigenvalue weighted by molar-refractivity contribution is 0.301. The molecule has 0 aliphatic rings. The van der Waals surface area contributed by atoms with Gasteiger partial charge in [-0.05, 0) is 23.2 Å². The van der Waals surface area contributed by atoms with Gasteiger partial charge in [0.25, 0.3) is 0 Å². The summed E-state index contributed by atoms with van der Waals surface area (Å²) in [5, 5.41) is 9.34. The van der Waals surface area contributed by atoms with E-state index in [0.29, 0.717) is 18.9 Å². The van der Waals surface area contributed by atoms with E-state index in [2.05, 4.69) is 9.97 Å². The number of benzene rings is 1. The summed E-state index contributed by atoms with van der Waals surface area (Å²) in [4.78, 5) is 9.97. The lowest BCUT2D eigenvalue weighted by Gasteiger charge is -2.22. The van der Waals surface area contributed by atoms with Crippen LogP contribution in [0.3, 0.4) is 0 Å². The van der Waals surface area contributed by atoms with Crippen molar-refractivity contribution < 1.29 is 5.11 Å². The maximum absolute atomic E-state index is 9.13. The third-order valence-electron chi connectivity index (χ3n) is 2.52. The van der Waals surface area contributed by atoms with Crippen LogP contribution in [0.5, 0.6) is 0 Å². The molecule has 0 amide bonds. The number of aliphatic hydroxyl groups is 1. The topological polar surface area (TPSA) is 49.2 Å². The summed E-state index contributed by atoms with van der Waals surface area (Å²) in [6, 6.07) is 11.8. The first kappa shape index (κ1) is 12.8. The zero-order valence-electron chi connectivity index (χ0n) is 9.83. The van der Waals surface area contributed by atoms with Gasteiger partial charge in [0.2, 0.25) is 5.28 Å². The van der Waals surface area contributed by atoms with Crippen molar-refractivity contribution >= 4 is 17.4 Å². The van der Waals surface area contributed by atoms with E-state index in [1.165, 1.54) is 0 Å². The molecular weight excluding hydrogens is 250 g/mol. The van der Waals surface area contributed by atoms with Crippen LogP contribution in [0, 0.1) is 0 Å². The summed E-state index contributed by atoms with van der Waals surface area (Å²) >= 11 is 5.78. The average Bonchev–Trinajstić information content (AvgIpc) is 2.39. The second kappa shape index (κ2) is 6.33. The van der Waals surface area contributed by atoms with Gasteiger partial charge in [0.1, 0.15) is 5.82 Å². The Hall–Kier alpha value is -1.65. The highest BCUT2D eigenvalue weighted by Crippen LogP contribution is 2.15. The zero-order chi connectivity index (χ0) is 12.8. The largest absolute Gasteiger partial charge is 0.395 e. The standard InChI is InChI=1S/C13H14ClN3O/c14-13-15-7-6-12(16-13)17(8-9-18)10-11-4-2-1-3-5-11/h1-7,18H,8-10H2. The van der Waals surface area contributed by atoms with E-state index in [1.54, 1.807) is 12.3 Å². The van der Waals surface area contributed by atoms with Crippen molar-refractivity contribution in [1.29, 1.82) is 0 Å². The van der Waals surface area contributed by atoms with Gasteiger partial charge in [0.05, 0.1) is 6.61 Å². The molecular formula is C13H14ClN3O. The van der Waals surface area contributed by atoms with Crippen LogP contribution < -0.4 is 4.90 Å². The highest BCUT2D eigenvalue weighted by Gasteiger charge is 2.08. The normalized spacial score (nSPS) is 10.3. The van der Waals surface area contributed by atoms with Gasteiger partial charge in [-0.15, -0.1) is 0 Å². The fraction of sp³-hybridized carbons (Fsp3) is 0.231. The molecule has 1 aromatic carbocycles. The van der Waals surface area contributed by atoms with Crippen molar-refractivity contribution in [2.75, 3.05) is 18.1 Å². The molecule has 0 spiro atoms. The maximum Gasteiger partial charge on any atom is 0.224 e. The van der Waals surface area contributed by atoms with E-state index in [-0.39, 0.29) is 11.9 Å². The van der Waals surface area contributed by atoms with Gasteiger partial charge in [-0.1, -0.05) is 30.3 Å². The van der Waals surface area contributed by atoms with E-state index in [9.17, 15) is 0 Å². The van der Waals surface area contributed by atoms with Crippen LogP contribution in [-0.2, 0) is 6.54 Å². The molecule has 94 valence electrons. The van der Waals surface area contributed by atoms with Crippen molar-refractivity contribution in [3.05, 3.63) is 53.4 Å². The number of nitrogens with zero attached hydrogens (tertiary/aromatic N) is 3. The number of hydrogen-bond donors (Lipinski definition) is 1. The number of hydrogen-bond acceptors (Lipinski definition) is 4. The smallest absolute Gasteiger partial charge is 0.224 e. The van der Waals surface area contributed by atoms with Crippen LogP contribution in [0.4, 0.5) is 5.82 Å². The van der Waals surface area contributed by atoms with Crippen LogP contribution in [0.15, 0.2) is 42.6 Å². The molecule has 1 N–H and O–H groups in total. The van der Waals surface area contributed by atoms with Gasteiger partial charge >= 0.3 is 0 Å². The van der Waals surface area contributed by atoms with Gasteiger partial charge in [-0.25, -0.2) is 9.97 Å². The second-order valence-electron chi connectivity index (χ2n) is 3.81. The quantitative estimate of drug-likeness (QED) is 0.840. The molecule has 1 aromatic heterocycles. The minimum atomic E-state index is 0.0639. The minimum Gasteiger partial charge on any atom is -0.395 e. The molecule has 0 fully saturated rings. The summed E-state index contributed by atoms with van der Waals surface area (Å²) in [6.07, 6.45) is 1.61. The fourth-order valence-corrected chi connectivity index (χ4v) is 1.84. The molecule has 2 rings (SSSR count). The minimum absolute atomic E-state index is 0.0639. The maximum atomic E-state index is 9.13. The van der Waals surface area contributed by atoms with Crippen molar-refractivity contribution in [2.24, 2.45) is 0 Å². The van der Waals surface area contributed by atoms with Crippen LogP contribution >= 0.6 is 11.6 Å². The predicted octanol–water partition coefficient (Wildman–Crippen LogP) is 2.13. The second-order valence-corrected chi connectivity index (χ2v) is 4.15. The Labute approximate surface area is 111 Å². The molecule has 0 aliphatic carbocycles. The summed E-state index contributed by atoms with van der Waals surface area (Å²) in [5.41, 5.74) is 1.15. The Kier molecular flexibility index (Phi) is 4.50. The predicted molar refractivity (Wildman–Crippen MR) is 71.6 cm³/mol. The highest BCUT2D eigenvalue weighted by atomic mass is 35.5. The third-order valence-corrected chi connectivity index (χ3v) is 2.70. The zero-order valence-corrected chi connectivity index (χ0v) is 10.6. The highest BCUT2D eigenvalue weighted by molar-refractivity contribution is 6.28. The molecule has 1 heterocycles. The van der Waals surface area contributed by atoms with Crippen molar-refractivity contribution in [2.45, 2.75) is 6.54 Å². The first-order valence-corrected chi connectivity index (χ1v) is 6.05. The molecule has 0 bridgehead atoms. The van der Waals surface area contributed by atoms with Gasteiger partial charge in [0, 0.05) is 19.3 Å². The van der Waals surface area contributed by atoms with Crippen molar-refractivity contribution in [3.8, 4) is 0 Å². The van der Waals surface area contributed by atoms with Crippen LogP contribution in [0.1, 0.15) is 5.56 Å².